The average Bonchev–Trinajstić information content (AvgIpc) is 3.31. The Hall–Kier alpha value is -1.20. The minimum atomic E-state index is 0.713. The lowest BCUT2D eigenvalue weighted by atomic mass is 9.95. The zero-order valence-electron chi connectivity index (χ0n) is 16.2. The van der Waals surface area contributed by atoms with Crippen molar-refractivity contribution in [3.63, 3.8) is 0 Å². The maximum atomic E-state index is 5.93. The van der Waals surface area contributed by atoms with Gasteiger partial charge in [0.1, 0.15) is 0 Å². The molecule has 1 aliphatic heterocycles. The third kappa shape index (κ3) is 3.93. The summed E-state index contributed by atoms with van der Waals surface area (Å²) in [7, 11) is 3.76. The lowest BCUT2D eigenvalue weighted by molar-refractivity contribution is 0.136. The SMILES string of the molecule is c1cc2c3cc1COCCSSCCOCc1ccc4c(c1)/C(=C\3CC2)CC4. The van der Waals surface area contributed by atoms with Crippen LogP contribution in [0.15, 0.2) is 36.4 Å². The first-order chi connectivity index (χ1) is 13.9. The van der Waals surface area contributed by atoms with Gasteiger partial charge in [-0.25, -0.2) is 0 Å². The molecule has 2 aliphatic carbocycles. The zero-order valence-corrected chi connectivity index (χ0v) is 17.8. The molecule has 0 saturated heterocycles. The summed E-state index contributed by atoms with van der Waals surface area (Å²) in [6.45, 7) is 3.03. The van der Waals surface area contributed by atoms with Crippen LogP contribution in [-0.4, -0.2) is 24.7 Å². The van der Waals surface area contributed by atoms with Gasteiger partial charge >= 0.3 is 0 Å². The fraction of sp³-hybridized carbons (Fsp3) is 0.417. The Bertz CT molecular complexity index is 830. The fourth-order valence-corrected chi connectivity index (χ4v) is 6.25. The lowest BCUT2D eigenvalue weighted by Gasteiger charge is -2.12. The first-order valence-corrected chi connectivity index (χ1v) is 12.7. The second-order valence-electron chi connectivity index (χ2n) is 7.69. The van der Waals surface area contributed by atoms with Gasteiger partial charge in [-0.05, 0) is 82.3 Å². The van der Waals surface area contributed by atoms with Gasteiger partial charge in [-0.1, -0.05) is 45.9 Å². The minimum absolute atomic E-state index is 0.713. The molecule has 0 N–H and O–H groups in total. The number of benzene rings is 2. The zero-order chi connectivity index (χ0) is 18.8. The third-order valence-corrected chi connectivity index (χ3v) is 8.23. The molecule has 5 rings (SSSR count). The van der Waals surface area contributed by atoms with Crippen LogP contribution in [0.2, 0.25) is 0 Å². The van der Waals surface area contributed by atoms with E-state index in [4.69, 9.17) is 9.47 Å². The summed E-state index contributed by atoms with van der Waals surface area (Å²) < 4.78 is 11.9. The molecule has 0 saturated carbocycles. The molecule has 28 heavy (non-hydrogen) atoms. The number of ether oxygens (including phenoxy) is 2. The molecule has 2 aromatic carbocycles. The highest BCUT2D eigenvalue weighted by atomic mass is 33.1. The molecule has 0 fully saturated rings. The van der Waals surface area contributed by atoms with E-state index in [0.717, 1.165) is 24.7 Å². The van der Waals surface area contributed by atoms with E-state index in [1.807, 2.05) is 21.6 Å². The molecule has 4 bridgehead atoms. The molecular formula is C24H26O2S2. The largest absolute Gasteiger partial charge is 0.376 e. The van der Waals surface area contributed by atoms with Gasteiger partial charge in [0.25, 0.3) is 0 Å². The molecule has 0 spiro atoms. The van der Waals surface area contributed by atoms with Gasteiger partial charge < -0.3 is 9.47 Å². The van der Waals surface area contributed by atoms with E-state index in [-0.39, 0.29) is 0 Å². The average molecular weight is 411 g/mol. The molecule has 0 radical (unpaired) electrons. The van der Waals surface area contributed by atoms with Gasteiger partial charge in [0.15, 0.2) is 0 Å². The second-order valence-corrected chi connectivity index (χ2v) is 10.4. The van der Waals surface area contributed by atoms with E-state index < -0.39 is 0 Å². The van der Waals surface area contributed by atoms with Crippen molar-refractivity contribution in [3.8, 4) is 0 Å². The maximum absolute atomic E-state index is 5.93. The highest BCUT2D eigenvalue weighted by molar-refractivity contribution is 8.76. The van der Waals surface area contributed by atoms with Crippen LogP contribution in [0.4, 0.5) is 0 Å². The Morgan fingerprint density at radius 2 is 1.11 bits per heavy atom. The molecule has 0 atom stereocenters. The van der Waals surface area contributed by atoms with Crippen LogP contribution < -0.4 is 0 Å². The van der Waals surface area contributed by atoms with Gasteiger partial charge in [0, 0.05) is 11.5 Å². The topological polar surface area (TPSA) is 18.5 Å². The second kappa shape index (κ2) is 8.66. The summed E-state index contributed by atoms with van der Waals surface area (Å²) in [5.74, 6) is 2.05. The van der Waals surface area contributed by atoms with Gasteiger partial charge in [0.05, 0.1) is 26.4 Å². The highest BCUT2D eigenvalue weighted by Gasteiger charge is 2.25. The van der Waals surface area contributed by atoms with Crippen molar-refractivity contribution >= 4 is 32.7 Å². The Balaban J connectivity index is 1.52. The van der Waals surface area contributed by atoms with E-state index in [9.17, 15) is 0 Å². The minimum Gasteiger partial charge on any atom is -0.376 e. The first kappa shape index (κ1) is 18.8. The van der Waals surface area contributed by atoms with Crippen LogP contribution in [0.1, 0.15) is 46.2 Å². The highest BCUT2D eigenvalue weighted by Crippen LogP contribution is 2.44. The molecule has 0 amide bonds. The monoisotopic (exact) mass is 410 g/mol. The number of fused-ring (bicyclic) bond motifs is 2. The van der Waals surface area contributed by atoms with E-state index in [0.29, 0.717) is 13.2 Å². The van der Waals surface area contributed by atoms with E-state index in [1.165, 1.54) is 59.1 Å². The van der Waals surface area contributed by atoms with Gasteiger partial charge in [-0.3, -0.25) is 0 Å². The Morgan fingerprint density at radius 3 is 1.61 bits per heavy atom. The molecule has 2 aromatic rings. The standard InChI is InChI=1S/C24H26O2S2/c1-3-19-5-7-21-22-8-6-20-4-2-18(14-24(20)22)16-26-10-12-28-27-11-9-25-15-17(1)13-23(19)21/h1-4,13-14H,5-12,15-16H2/b22-21-. The number of hydrogen-bond donors (Lipinski definition) is 0. The Morgan fingerprint density at radius 1 is 0.607 bits per heavy atom. The molecule has 4 heteroatoms. The summed E-state index contributed by atoms with van der Waals surface area (Å²) in [6, 6.07) is 13.9. The van der Waals surface area contributed by atoms with Crippen molar-refractivity contribution in [2.75, 3.05) is 24.7 Å². The van der Waals surface area contributed by atoms with Crippen molar-refractivity contribution in [1.82, 2.24) is 0 Å². The Kier molecular flexibility index (Phi) is 5.82. The van der Waals surface area contributed by atoms with Crippen LogP contribution in [0.25, 0.3) is 11.1 Å². The Labute approximate surface area is 175 Å². The predicted molar refractivity (Wildman–Crippen MR) is 121 cm³/mol. The summed E-state index contributed by atoms with van der Waals surface area (Å²) in [6.07, 6.45) is 4.68. The van der Waals surface area contributed by atoms with E-state index in [2.05, 4.69) is 36.4 Å². The number of aryl methyl sites for hydroxylation is 2. The van der Waals surface area contributed by atoms with Gasteiger partial charge in [-0.15, -0.1) is 0 Å². The van der Waals surface area contributed by atoms with Crippen molar-refractivity contribution < 1.29 is 9.47 Å². The van der Waals surface area contributed by atoms with Crippen molar-refractivity contribution in [2.24, 2.45) is 0 Å². The summed E-state index contributed by atoms with van der Waals surface area (Å²) in [5.41, 5.74) is 11.7. The number of allylic oxidation sites excluding steroid dienone is 2. The molecule has 2 nitrogen and oxygen atoms in total. The summed E-state index contributed by atoms with van der Waals surface area (Å²) in [4.78, 5) is 0. The number of rotatable bonds is 0. The molecule has 1 heterocycles. The normalized spacial score (nSPS) is 22.7. The van der Waals surface area contributed by atoms with Crippen LogP contribution in [0.5, 0.6) is 0 Å². The fourth-order valence-electron chi connectivity index (χ4n) is 4.52. The van der Waals surface area contributed by atoms with Gasteiger partial charge in [-0.2, -0.15) is 0 Å². The molecular weight excluding hydrogens is 384 g/mol. The molecule has 3 aliphatic rings. The van der Waals surface area contributed by atoms with Crippen molar-refractivity contribution in [1.29, 1.82) is 0 Å². The first-order valence-electron chi connectivity index (χ1n) is 10.2. The van der Waals surface area contributed by atoms with Crippen LogP contribution in [-0.2, 0) is 35.5 Å². The third-order valence-electron chi connectivity index (χ3n) is 5.89. The van der Waals surface area contributed by atoms with Crippen molar-refractivity contribution in [3.05, 3.63) is 69.8 Å². The summed E-state index contributed by atoms with van der Waals surface area (Å²) in [5, 5.41) is 0. The maximum Gasteiger partial charge on any atom is 0.0717 e. The predicted octanol–water partition coefficient (Wildman–Crippen LogP) is 5.92. The van der Waals surface area contributed by atoms with Crippen LogP contribution >= 0.6 is 21.6 Å². The van der Waals surface area contributed by atoms with Crippen LogP contribution in [0.3, 0.4) is 0 Å². The smallest absolute Gasteiger partial charge is 0.0717 e. The lowest BCUT2D eigenvalue weighted by Crippen LogP contribution is -2.00. The van der Waals surface area contributed by atoms with E-state index >= 15 is 0 Å². The van der Waals surface area contributed by atoms with Crippen molar-refractivity contribution in [2.45, 2.75) is 38.9 Å². The number of hydrogen-bond acceptors (Lipinski definition) is 4. The summed E-state index contributed by atoms with van der Waals surface area (Å²) >= 11 is 0. The molecule has 146 valence electrons. The molecule has 0 unspecified atom stereocenters. The van der Waals surface area contributed by atoms with E-state index in [1.54, 1.807) is 11.1 Å². The molecule has 0 aromatic heterocycles. The quantitative estimate of drug-likeness (QED) is 0.502. The van der Waals surface area contributed by atoms with Gasteiger partial charge in [0.2, 0.25) is 0 Å². The van der Waals surface area contributed by atoms with Crippen LogP contribution in [0, 0.1) is 0 Å².